The Morgan fingerprint density at radius 2 is 1.87 bits per heavy atom. The first kappa shape index (κ1) is 13.9. The summed E-state index contributed by atoms with van der Waals surface area (Å²) in [5, 5.41) is 0. The second kappa shape index (κ2) is 5.42. The minimum Gasteiger partial charge on any atom is -0.770 e. The Hall–Kier alpha value is 0.790. The molecule has 0 bridgehead atoms. The molecule has 0 fully saturated rings. The highest BCUT2D eigenvalue weighted by atomic mass is 127. The van der Waals surface area contributed by atoms with Crippen molar-refractivity contribution in [3.63, 3.8) is 0 Å². The molecule has 0 aliphatic heterocycles. The van der Waals surface area contributed by atoms with Crippen LogP contribution in [0.3, 0.4) is 0 Å². The molecule has 1 rings (SSSR count). The SMILES string of the molecule is CC(C)c1ccccc1C(I)(I)S(=O)[O-]. The predicted octanol–water partition coefficient (Wildman–Crippen LogP) is 3.67. The number of hydrogen-bond acceptors (Lipinski definition) is 2. The Morgan fingerprint density at radius 1 is 1.33 bits per heavy atom. The van der Waals surface area contributed by atoms with Crippen LogP contribution in [-0.4, -0.2) is 8.76 Å². The average Bonchev–Trinajstić information content (AvgIpc) is 2.17. The first-order chi connectivity index (χ1) is 6.87. The molecule has 1 aromatic carbocycles. The third kappa shape index (κ3) is 3.13. The van der Waals surface area contributed by atoms with Gasteiger partial charge >= 0.3 is 0 Å². The maximum atomic E-state index is 11.2. The standard InChI is InChI=1S/C10H12I2O2S/c1-7(2)8-5-3-4-6-9(8)10(11,12)15(13)14/h3-7H,1-2H3,(H,13,14)/p-1. The van der Waals surface area contributed by atoms with Crippen molar-refractivity contribution >= 4 is 56.3 Å². The van der Waals surface area contributed by atoms with Gasteiger partial charge in [0.2, 0.25) is 0 Å². The van der Waals surface area contributed by atoms with E-state index in [0.717, 1.165) is 11.1 Å². The Labute approximate surface area is 120 Å². The van der Waals surface area contributed by atoms with E-state index in [4.69, 9.17) is 0 Å². The van der Waals surface area contributed by atoms with E-state index < -0.39 is 11.8 Å². The average molecular weight is 449 g/mol. The van der Waals surface area contributed by atoms with Crippen LogP contribution in [0.25, 0.3) is 0 Å². The van der Waals surface area contributed by atoms with Crippen molar-refractivity contribution < 1.29 is 8.76 Å². The van der Waals surface area contributed by atoms with Crippen molar-refractivity contribution in [3.05, 3.63) is 35.4 Å². The van der Waals surface area contributed by atoms with Gasteiger partial charge in [-0.1, -0.05) is 38.1 Å². The first-order valence-corrected chi connectivity index (χ1v) is 7.67. The lowest BCUT2D eigenvalue weighted by atomic mass is 9.98. The van der Waals surface area contributed by atoms with E-state index in [2.05, 4.69) is 13.8 Å². The highest BCUT2D eigenvalue weighted by molar-refractivity contribution is 14.2. The summed E-state index contributed by atoms with van der Waals surface area (Å²) in [4.78, 5) is 0. The monoisotopic (exact) mass is 449 g/mol. The van der Waals surface area contributed by atoms with Crippen molar-refractivity contribution in [1.82, 2.24) is 0 Å². The van der Waals surface area contributed by atoms with Crippen LogP contribution in [0.1, 0.15) is 30.9 Å². The summed E-state index contributed by atoms with van der Waals surface area (Å²) in [5.41, 5.74) is 1.96. The number of rotatable bonds is 3. The minimum absolute atomic E-state index is 0.327. The van der Waals surface area contributed by atoms with Gasteiger partial charge in [-0.3, -0.25) is 4.21 Å². The lowest BCUT2D eigenvalue weighted by Gasteiger charge is -2.27. The zero-order chi connectivity index (χ0) is 11.6. The third-order valence-electron chi connectivity index (χ3n) is 2.11. The molecule has 15 heavy (non-hydrogen) atoms. The van der Waals surface area contributed by atoms with Gasteiger partial charge < -0.3 is 4.55 Å². The van der Waals surface area contributed by atoms with Gasteiger partial charge in [-0.25, -0.2) is 0 Å². The van der Waals surface area contributed by atoms with E-state index in [1.54, 1.807) is 0 Å². The molecule has 2 nitrogen and oxygen atoms in total. The molecule has 1 aromatic rings. The highest BCUT2D eigenvalue weighted by Crippen LogP contribution is 2.44. The Kier molecular flexibility index (Phi) is 5.00. The molecule has 1 unspecified atom stereocenters. The van der Waals surface area contributed by atoms with Crippen molar-refractivity contribution in [2.75, 3.05) is 0 Å². The van der Waals surface area contributed by atoms with Gasteiger partial charge in [-0.2, -0.15) is 0 Å². The number of hydrogen-bond donors (Lipinski definition) is 0. The first-order valence-electron chi connectivity index (χ1n) is 4.44. The van der Waals surface area contributed by atoms with E-state index in [-0.39, 0.29) is 0 Å². The number of benzene rings is 1. The maximum Gasteiger partial charge on any atom is 0.159 e. The van der Waals surface area contributed by atoms with E-state index in [9.17, 15) is 8.76 Å². The van der Waals surface area contributed by atoms with Crippen molar-refractivity contribution in [3.8, 4) is 0 Å². The van der Waals surface area contributed by atoms with Crippen LogP contribution in [-0.2, 0) is 11.8 Å². The van der Waals surface area contributed by atoms with Crippen LogP contribution in [0.4, 0.5) is 0 Å². The van der Waals surface area contributed by atoms with E-state index in [1.807, 2.05) is 69.4 Å². The summed E-state index contributed by atoms with van der Waals surface area (Å²) in [7, 11) is 0. The van der Waals surface area contributed by atoms with Crippen LogP contribution >= 0.6 is 45.2 Å². The summed E-state index contributed by atoms with van der Waals surface area (Å²) in [5.74, 6) is 0.327. The van der Waals surface area contributed by atoms with Crippen LogP contribution in [0.15, 0.2) is 24.3 Å². The summed E-state index contributed by atoms with van der Waals surface area (Å²) in [6, 6.07) is 7.68. The van der Waals surface area contributed by atoms with Gasteiger partial charge in [0.15, 0.2) is 0.760 Å². The summed E-state index contributed by atoms with van der Waals surface area (Å²) >= 11 is 1.80. The number of alkyl halides is 2. The van der Waals surface area contributed by atoms with Gasteiger partial charge in [0.05, 0.1) is 0 Å². The zero-order valence-electron chi connectivity index (χ0n) is 8.37. The molecule has 0 spiro atoms. The second-order valence-electron chi connectivity index (χ2n) is 3.49. The molecule has 5 heteroatoms. The molecule has 0 aliphatic carbocycles. The Balaban J connectivity index is 3.30. The zero-order valence-corrected chi connectivity index (χ0v) is 13.5. The summed E-state index contributed by atoms with van der Waals surface area (Å²) in [6.45, 7) is 4.13. The largest absolute Gasteiger partial charge is 0.770 e. The molecule has 84 valence electrons. The lowest BCUT2D eigenvalue weighted by molar-refractivity contribution is 0.535. The molecule has 0 aromatic heterocycles. The fourth-order valence-electron chi connectivity index (χ4n) is 1.36. The van der Waals surface area contributed by atoms with Gasteiger partial charge in [0.1, 0.15) is 0 Å². The molecule has 0 aliphatic rings. The highest BCUT2D eigenvalue weighted by Gasteiger charge is 2.29. The molecule has 1 atom stereocenters. The fourth-order valence-corrected chi connectivity index (χ4v) is 2.70. The second-order valence-corrected chi connectivity index (χ2v) is 11.3. The van der Waals surface area contributed by atoms with E-state index in [0.29, 0.717) is 5.92 Å². The molecular weight excluding hydrogens is 438 g/mol. The molecule has 0 saturated heterocycles. The fraction of sp³-hybridized carbons (Fsp3) is 0.400. The molecule has 0 N–H and O–H groups in total. The molecule has 0 radical (unpaired) electrons. The smallest absolute Gasteiger partial charge is 0.159 e. The summed E-state index contributed by atoms with van der Waals surface area (Å²) in [6.07, 6.45) is 0. The van der Waals surface area contributed by atoms with Crippen molar-refractivity contribution in [2.45, 2.75) is 20.5 Å². The molecule has 0 saturated carbocycles. The predicted molar refractivity (Wildman–Crippen MR) is 79.2 cm³/mol. The van der Waals surface area contributed by atoms with Gasteiger partial charge in [0, 0.05) is 0 Å². The van der Waals surface area contributed by atoms with Crippen molar-refractivity contribution in [1.29, 1.82) is 0 Å². The topological polar surface area (TPSA) is 40.1 Å². The summed E-state index contributed by atoms with van der Waals surface area (Å²) < 4.78 is 21.5. The lowest BCUT2D eigenvalue weighted by Crippen LogP contribution is -2.18. The minimum atomic E-state index is -2.13. The van der Waals surface area contributed by atoms with Crippen LogP contribution in [0.5, 0.6) is 0 Å². The molecule has 0 amide bonds. The van der Waals surface area contributed by atoms with Crippen molar-refractivity contribution in [2.24, 2.45) is 0 Å². The quantitative estimate of drug-likeness (QED) is 0.402. The molecule has 0 heterocycles. The van der Waals surface area contributed by atoms with Crippen LogP contribution in [0.2, 0.25) is 0 Å². The normalized spacial score (nSPS) is 14.3. The van der Waals surface area contributed by atoms with Gasteiger partial charge in [0.25, 0.3) is 0 Å². The Bertz CT molecular complexity index is 377. The molecular formula is C10H11I2O2S-. The number of halogens is 2. The third-order valence-corrected chi connectivity index (χ3v) is 6.06. The Morgan fingerprint density at radius 3 is 2.33 bits per heavy atom. The van der Waals surface area contributed by atoms with Crippen LogP contribution < -0.4 is 0 Å². The van der Waals surface area contributed by atoms with E-state index in [1.165, 1.54) is 0 Å². The maximum absolute atomic E-state index is 11.2. The van der Waals surface area contributed by atoms with Crippen LogP contribution in [0, 0.1) is 0 Å². The van der Waals surface area contributed by atoms with Gasteiger partial charge in [-0.15, -0.1) is 0 Å². The van der Waals surface area contributed by atoms with E-state index >= 15 is 0 Å². The van der Waals surface area contributed by atoms with Gasteiger partial charge in [-0.05, 0) is 73.3 Å².